The number of benzene rings is 3. The summed E-state index contributed by atoms with van der Waals surface area (Å²) in [5, 5.41) is 5.40. The molecule has 58 heavy (non-hydrogen) atoms. The van der Waals surface area contributed by atoms with Crippen LogP contribution in [0.5, 0.6) is 0 Å². The molecule has 4 heterocycles. The minimum Gasteiger partial charge on any atom is -0.453 e. The Morgan fingerprint density at radius 3 is 1.62 bits per heavy atom. The van der Waals surface area contributed by atoms with Crippen molar-refractivity contribution in [2.24, 2.45) is 11.8 Å². The maximum absolute atomic E-state index is 13.6. The lowest BCUT2D eigenvalue weighted by molar-refractivity contribution is -0.136. The van der Waals surface area contributed by atoms with E-state index in [-0.39, 0.29) is 35.7 Å². The molecule has 1 unspecified atom stereocenters. The third-order valence-electron chi connectivity index (χ3n) is 11.3. The number of amides is 4. The smallest absolute Gasteiger partial charge is 0.407 e. The first kappa shape index (κ1) is 40.0. The molecule has 0 aliphatic carbocycles. The van der Waals surface area contributed by atoms with Crippen molar-refractivity contribution in [3.05, 3.63) is 84.6 Å². The van der Waals surface area contributed by atoms with Crippen LogP contribution >= 0.6 is 0 Å². The van der Waals surface area contributed by atoms with Gasteiger partial charge in [-0.3, -0.25) is 9.59 Å². The van der Waals surface area contributed by atoms with Crippen LogP contribution in [0.15, 0.2) is 72.9 Å². The number of ether oxygens (including phenoxy) is 2. The summed E-state index contributed by atoms with van der Waals surface area (Å²) in [7, 11) is 2.58. The van der Waals surface area contributed by atoms with Gasteiger partial charge in [0.05, 0.1) is 49.2 Å². The molecule has 14 nitrogen and oxygen atoms in total. The Hall–Kier alpha value is -6.18. The number of rotatable bonds is 11. The van der Waals surface area contributed by atoms with E-state index >= 15 is 0 Å². The van der Waals surface area contributed by atoms with Crippen LogP contribution < -0.4 is 10.6 Å². The van der Waals surface area contributed by atoms with Crippen molar-refractivity contribution in [3.63, 3.8) is 0 Å². The second-order valence-corrected chi connectivity index (χ2v) is 15.8. The number of aromatic nitrogens is 4. The number of hydrogen-bond acceptors (Lipinski definition) is 8. The fourth-order valence-electron chi connectivity index (χ4n) is 8.10. The van der Waals surface area contributed by atoms with Crippen LogP contribution in [0.1, 0.15) is 77.1 Å². The molecule has 7 rings (SSSR count). The number of H-pyrrole nitrogens is 2. The molecule has 5 aromatic rings. The molecular formula is C44H52N8O6. The third-order valence-corrected chi connectivity index (χ3v) is 11.3. The number of alkyl carbamates (subject to hydrolysis) is 2. The lowest BCUT2D eigenvalue weighted by Gasteiger charge is -2.30. The first-order valence-electron chi connectivity index (χ1n) is 20.0. The molecule has 0 spiro atoms. The summed E-state index contributed by atoms with van der Waals surface area (Å²) in [5.41, 5.74) is 7.84. The number of methoxy groups -OCH3 is 2. The normalized spacial score (nSPS) is 17.8. The van der Waals surface area contributed by atoms with Crippen molar-refractivity contribution in [1.82, 2.24) is 40.4 Å². The Morgan fingerprint density at radius 2 is 1.12 bits per heavy atom. The summed E-state index contributed by atoms with van der Waals surface area (Å²) >= 11 is 0. The Kier molecular flexibility index (Phi) is 11.8. The van der Waals surface area contributed by atoms with Gasteiger partial charge in [0.25, 0.3) is 0 Å². The van der Waals surface area contributed by atoms with Gasteiger partial charge in [-0.2, -0.15) is 0 Å². The molecule has 3 aromatic carbocycles. The molecule has 2 saturated heterocycles. The second-order valence-electron chi connectivity index (χ2n) is 15.8. The Balaban J connectivity index is 1.02. The minimum absolute atomic E-state index is 0.104. The van der Waals surface area contributed by atoms with Crippen LogP contribution in [-0.2, 0) is 19.1 Å². The number of hydrogen-bond donors (Lipinski definition) is 4. The van der Waals surface area contributed by atoms with Crippen molar-refractivity contribution in [1.29, 1.82) is 0 Å². The van der Waals surface area contributed by atoms with Gasteiger partial charge in [-0.15, -0.1) is 0 Å². The fraction of sp³-hybridized carbons (Fsp3) is 0.409. The van der Waals surface area contributed by atoms with Gasteiger partial charge in [0.2, 0.25) is 11.8 Å². The highest BCUT2D eigenvalue weighted by atomic mass is 16.5. The van der Waals surface area contributed by atoms with Crippen molar-refractivity contribution < 1.29 is 28.7 Å². The van der Waals surface area contributed by atoms with Gasteiger partial charge in [0, 0.05) is 13.1 Å². The monoisotopic (exact) mass is 788 g/mol. The Bertz CT molecular complexity index is 2260. The van der Waals surface area contributed by atoms with E-state index in [9.17, 15) is 19.2 Å². The molecule has 304 valence electrons. The zero-order valence-corrected chi connectivity index (χ0v) is 33.9. The maximum Gasteiger partial charge on any atom is 0.407 e. The van der Waals surface area contributed by atoms with Crippen LogP contribution in [0, 0.1) is 11.8 Å². The number of aromatic amines is 2. The second kappa shape index (κ2) is 17.1. The molecule has 2 fully saturated rings. The summed E-state index contributed by atoms with van der Waals surface area (Å²) in [6, 6.07) is 21.1. The van der Waals surface area contributed by atoms with Gasteiger partial charge < -0.3 is 39.9 Å². The van der Waals surface area contributed by atoms with Crippen LogP contribution in [-0.4, -0.2) is 93.1 Å². The van der Waals surface area contributed by atoms with Crippen LogP contribution in [0.4, 0.5) is 9.59 Å². The van der Waals surface area contributed by atoms with E-state index in [0.717, 1.165) is 81.9 Å². The van der Waals surface area contributed by atoms with E-state index in [1.54, 1.807) is 0 Å². The summed E-state index contributed by atoms with van der Waals surface area (Å²) in [4.78, 5) is 71.2. The van der Waals surface area contributed by atoms with E-state index in [1.165, 1.54) is 14.2 Å². The lowest BCUT2D eigenvalue weighted by atomic mass is 9.99. The highest BCUT2D eigenvalue weighted by Crippen LogP contribution is 2.35. The number of fused-ring (bicyclic) bond motifs is 1. The van der Waals surface area contributed by atoms with Gasteiger partial charge in [-0.1, -0.05) is 82.3 Å². The largest absolute Gasteiger partial charge is 0.453 e. The van der Waals surface area contributed by atoms with Gasteiger partial charge in [0.15, 0.2) is 0 Å². The van der Waals surface area contributed by atoms with E-state index in [0.29, 0.717) is 13.1 Å². The van der Waals surface area contributed by atoms with Crippen molar-refractivity contribution >= 4 is 35.0 Å². The molecular weight excluding hydrogens is 737 g/mol. The number of carbonyl (C=O) groups excluding carboxylic acids is 4. The highest BCUT2D eigenvalue weighted by Gasteiger charge is 2.39. The molecule has 0 radical (unpaired) electrons. The van der Waals surface area contributed by atoms with Crippen molar-refractivity contribution in [2.75, 3.05) is 27.3 Å². The SMILES string of the molecule is COC(=O)NC(C(=O)N1CCC[C@H]1c1ncc(-c2ccc(-c3ccc(-c4ccc5nc([C@@H]6CCCN6C(=O)[C@@H](NC(=O)OC)C(C)C)[nH]c5c4)cc3)cc2)[nH]1)C(C)C. The number of imidazole rings is 2. The Labute approximate surface area is 338 Å². The number of likely N-dealkylation sites (tertiary alicyclic amines) is 2. The third kappa shape index (κ3) is 8.27. The number of nitrogens with one attached hydrogen (secondary N) is 4. The minimum atomic E-state index is -0.689. The average molecular weight is 789 g/mol. The van der Waals surface area contributed by atoms with E-state index < -0.39 is 24.3 Å². The number of carbonyl (C=O) groups is 4. The predicted octanol–water partition coefficient (Wildman–Crippen LogP) is 7.38. The first-order valence-corrected chi connectivity index (χ1v) is 20.0. The molecule has 2 aromatic heterocycles. The zero-order valence-electron chi connectivity index (χ0n) is 33.9. The molecule has 4 amide bonds. The maximum atomic E-state index is 13.6. The summed E-state index contributed by atoms with van der Waals surface area (Å²) in [5.74, 6) is 0.985. The average Bonchev–Trinajstić information content (AvgIpc) is 4.07. The number of nitrogens with zero attached hydrogens (tertiary/aromatic N) is 4. The standard InChI is InChI=1S/C44H52N8O6/c1-25(2)37(49-43(55)57-5)41(53)51-21-7-9-35(51)39-45-24-34(48-39)30-17-15-28(16-18-30)27-11-13-29(14-12-27)31-19-20-32-33(23-31)47-40(46-32)36-10-8-22-52(36)42(54)38(26(3)4)50-44(56)58-6/h11-20,23-26,35-38H,7-10,21-22H2,1-6H3,(H,45,48)(H,46,47)(H,49,55)(H,50,56)/t35-,36-,37?,38-/m0/s1. The van der Waals surface area contributed by atoms with Gasteiger partial charge in [0.1, 0.15) is 23.7 Å². The van der Waals surface area contributed by atoms with Gasteiger partial charge in [-0.05, 0) is 77.5 Å². The Morgan fingerprint density at radius 1 is 0.655 bits per heavy atom. The van der Waals surface area contributed by atoms with E-state index in [4.69, 9.17) is 14.5 Å². The van der Waals surface area contributed by atoms with Crippen molar-refractivity contribution in [3.8, 4) is 33.5 Å². The summed E-state index contributed by atoms with van der Waals surface area (Å²) in [6.07, 6.45) is 3.83. The zero-order chi connectivity index (χ0) is 41.1. The molecule has 0 saturated carbocycles. The molecule has 4 atom stereocenters. The summed E-state index contributed by atoms with van der Waals surface area (Å²) < 4.78 is 9.53. The van der Waals surface area contributed by atoms with Crippen LogP contribution in [0.3, 0.4) is 0 Å². The first-order chi connectivity index (χ1) is 27.9. The molecule has 2 aliphatic heterocycles. The van der Waals surface area contributed by atoms with E-state index in [2.05, 4.69) is 86.2 Å². The molecule has 2 aliphatic rings. The predicted molar refractivity (Wildman–Crippen MR) is 220 cm³/mol. The van der Waals surface area contributed by atoms with E-state index in [1.807, 2.05) is 49.8 Å². The highest BCUT2D eigenvalue weighted by molar-refractivity contribution is 5.88. The van der Waals surface area contributed by atoms with Gasteiger partial charge >= 0.3 is 12.2 Å². The molecule has 4 N–H and O–H groups in total. The summed E-state index contributed by atoms with van der Waals surface area (Å²) in [6.45, 7) is 8.81. The van der Waals surface area contributed by atoms with Crippen LogP contribution in [0.2, 0.25) is 0 Å². The topological polar surface area (TPSA) is 175 Å². The van der Waals surface area contributed by atoms with Gasteiger partial charge in [-0.25, -0.2) is 19.6 Å². The lowest BCUT2D eigenvalue weighted by Crippen LogP contribution is -2.51. The van der Waals surface area contributed by atoms with Crippen molar-refractivity contribution in [2.45, 2.75) is 77.5 Å². The molecule has 0 bridgehead atoms. The fourth-order valence-corrected chi connectivity index (χ4v) is 8.10. The quantitative estimate of drug-likeness (QED) is 0.107. The molecule has 14 heteroatoms. The van der Waals surface area contributed by atoms with Crippen LogP contribution in [0.25, 0.3) is 44.5 Å².